The van der Waals surface area contributed by atoms with Crippen LogP contribution < -0.4 is 10.5 Å². The van der Waals surface area contributed by atoms with Crippen molar-refractivity contribution in [1.29, 1.82) is 0 Å². The fourth-order valence-corrected chi connectivity index (χ4v) is 3.78. The van der Waals surface area contributed by atoms with Crippen LogP contribution in [0.1, 0.15) is 38.5 Å². The Bertz CT molecular complexity index is 473. The van der Waals surface area contributed by atoms with Crippen molar-refractivity contribution in [2.45, 2.75) is 50.7 Å². The van der Waals surface area contributed by atoms with E-state index >= 15 is 0 Å². The first-order chi connectivity index (χ1) is 9.12. The Morgan fingerprint density at radius 1 is 1.26 bits per heavy atom. The maximum Gasteiger partial charge on any atom is 0.138 e. The number of benzene rings is 1. The molecule has 2 fully saturated rings. The molecule has 0 aliphatic heterocycles. The third-order valence-corrected chi connectivity index (χ3v) is 5.09. The van der Waals surface area contributed by atoms with E-state index in [2.05, 4.69) is 0 Å². The van der Waals surface area contributed by atoms with Gasteiger partial charge in [0.2, 0.25) is 0 Å². The van der Waals surface area contributed by atoms with E-state index in [1.54, 1.807) is 6.07 Å². The van der Waals surface area contributed by atoms with Crippen LogP contribution in [0.4, 0.5) is 4.39 Å². The largest absolute Gasteiger partial charge is 0.488 e. The first kappa shape index (κ1) is 13.2. The third-order valence-electron chi connectivity index (χ3n) is 4.80. The van der Waals surface area contributed by atoms with E-state index in [1.165, 1.54) is 31.4 Å². The zero-order chi connectivity index (χ0) is 13.5. The van der Waals surface area contributed by atoms with E-state index in [0.717, 1.165) is 19.3 Å². The zero-order valence-corrected chi connectivity index (χ0v) is 11.6. The maximum atomic E-state index is 13.0. The van der Waals surface area contributed by atoms with Gasteiger partial charge in [-0.25, -0.2) is 4.39 Å². The first-order valence-electron chi connectivity index (χ1n) is 6.99. The molecule has 4 heteroatoms. The van der Waals surface area contributed by atoms with Crippen LogP contribution in [0.15, 0.2) is 18.2 Å². The molecule has 2 aliphatic carbocycles. The highest BCUT2D eigenvalue weighted by Gasteiger charge is 2.55. The van der Waals surface area contributed by atoms with E-state index in [-0.39, 0.29) is 23.4 Å². The monoisotopic (exact) mass is 283 g/mol. The van der Waals surface area contributed by atoms with Gasteiger partial charge in [0.25, 0.3) is 0 Å². The fourth-order valence-electron chi connectivity index (χ4n) is 3.57. The molecule has 0 bridgehead atoms. The molecule has 2 N–H and O–H groups in total. The molecule has 19 heavy (non-hydrogen) atoms. The molecule has 0 radical (unpaired) electrons. The zero-order valence-electron chi connectivity index (χ0n) is 10.9. The molecule has 1 aromatic rings. The van der Waals surface area contributed by atoms with Crippen LogP contribution in [-0.2, 0) is 0 Å². The molecule has 3 rings (SSSR count). The Morgan fingerprint density at radius 3 is 2.63 bits per heavy atom. The quantitative estimate of drug-likeness (QED) is 0.893. The smallest absolute Gasteiger partial charge is 0.138 e. The number of ether oxygens (including phenoxy) is 1. The average Bonchev–Trinajstić information content (AvgIpc) is 2.42. The van der Waals surface area contributed by atoms with Crippen molar-refractivity contribution in [2.24, 2.45) is 11.1 Å². The van der Waals surface area contributed by atoms with Gasteiger partial charge in [-0.1, -0.05) is 30.9 Å². The SMILES string of the molecule is NC1CC(Oc2ccc(F)cc2Cl)C12CCCCC2. The molecule has 2 saturated carbocycles. The van der Waals surface area contributed by atoms with Gasteiger partial charge in [0.1, 0.15) is 17.7 Å². The minimum Gasteiger partial charge on any atom is -0.488 e. The van der Waals surface area contributed by atoms with Gasteiger partial charge in [0, 0.05) is 17.9 Å². The van der Waals surface area contributed by atoms with E-state index in [4.69, 9.17) is 22.1 Å². The van der Waals surface area contributed by atoms with Crippen LogP contribution in [-0.4, -0.2) is 12.1 Å². The molecule has 2 unspecified atom stereocenters. The van der Waals surface area contributed by atoms with Gasteiger partial charge < -0.3 is 10.5 Å². The second kappa shape index (κ2) is 4.95. The normalized spacial score (nSPS) is 29.0. The molecule has 0 amide bonds. The van der Waals surface area contributed by atoms with Gasteiger partial charge in [0.15, 0.2) is 0 Å². The Hall–Kier alpha value is -0.800. The summed E-state index contributed by atoms with van der Waals surface area (Å²) < 4.78 is 19.1. The minimum atomic E-state index is -0.338. The molecule has 1 aromatic carbocycles. The average molecular weight is 284 g/mol. The van der Waals surface area contributed by atoms with Crippen LogP contribution in [0.25, 0.3) is 0 Å². The second-order valence-electron chi connectivity index (χ2n) is 5.82. The number of nitrogens with two attached hydrogens (primary N) is 1. The highest BCUT2D eigenvalue weighted by molar-refractivity contribution is 6.32. The lowest BCUT2D eigenvalue weighted by Crippen LogP contribution is -2.64. The summed E-state index contributed by atoms with van der Waals surface area (Å²) in [4.78, 5) is 0. The Morgan fingerprint density at radius 2 is 2.00 bits per heavy atom. The summed E-state index contributed by atoms with van der Waals surface area (Å²) in [6.07, 6.45) is 7.02. The molecule has 1 spiro atoms. The van der Waals surface area contributed by atoms with E-state index in [0.29, 0.717) is 10.8 Å². The predicted molar refractivity (Wildman–Crippen MR) is 73.9 cm³/mol. The van der Waals surface area contributed by atoms with Gasteiger partial charge in [-0.2, -0.15) is 0 Å². The van der Waals surface area contributed by atoms with Crippen molar-refractivity contribution >= 4 is 11.6 Å². The van der Waals surface area contributed by atoms with Gasteiger partial charge >= 0.3 is 0 Å². The topological polar surface area (TPSA) is 35.2 Å². The van der Waals surface area contributed by atoms with E-state index < -0.39 is 0 Å². The Kier molecular flexibility index (Phi) is 3.44. The third kappa shape index (κ3) is 2.23. The Balaban J connectivity index is 1.76. The van der Waals surface area contributed by atoms with E-state index in [9.17, 15) is 4.39 Å². The highest BCUT2D eigenvalue weighted by atomic mass is 35.5. The van der Waals surface area contributed by atoms with Gasteiger partial charge in [-0.05, 0) is 31.0 Å². The van der Waals surface area contributed by atoms with Crippen molar-refractivity contribution in [3.63, 3.8) is 0 Å². The number of hydrogen-bond donors (Lipinski definition) is 1. The Labute approximate surface area is 118 Å². The first-order valence-corrected chi connectivity index (χ1v) is 7.37. The lowest BCUT2D eigenvalue weighted by molar-refractivity contribution is -0.0898. The molecule has 0 heterocycles. The molecule has 2 nitrogen and oxygen atoms in total. The molecule has 0 saturated heterocycles. The minimum absolute atomic E-state index is 0.121. The maximum absolute atomic E-state index is 13.0. The summed E-state index contributed by atoms with van der Waals surface area (Å²) in [6, 6.07) is 4.52. The van der Waals surface area contributed by atoms with Gasteiger partial charge in [0.05, 0.1) is 5.02 Å². The molecule has 2 atom stereocenters. The summed E-state index contributed by atoms with van der Waals surface area (Å²) in [6.45, 7) is 0. The van der Waals surface area contributed by atoms with Crippen LogP contribution in [0, 0.1) is 11.2 Å². The van der Waals surface area contributed by atoms with Crippen molar-refractivity contribution in [3.05, 3.63) is 29.0 Å². The lowest BCUT2D eigenvalue weighted by Gasteiger charge is -2.56. The van der Waals surface area contributed by atoms with E-state index in [1.807, 2.05) is 0 Å². The summed E-state index contributed by atoms with van der Waals surface area (Å²) >= 11 is 6.02. The van der Waals surface area contributed by atoms with Crippen LogP contribution >= 0.6 is 11.6 Å². The van der Waals surface area contributed by atoms with Crippen LogP contribution in [0.3, 0.4) is 0 Å². The molecule has 2 aliphatic rings. The number of hydrogen-bond acceptors (Lipinski definition) is 2. The van der Waals surface area contributed by atoms with Gasteiger partial charge in [-0.15, -0.1) is 0 Å². The van der Waals surface area contributed by atoms with Crippen LogP contribution in [0.2, 0.25) is 5.02 Å². The molecule has 0 aromatic heterocycles. The van der Waals surface area contributed by atoms with Crippen molar-refractivity contribution in [3.8, 4) is 5.75 Å². The van der Waals surface area contributed by atoms with Gasteiger partial charge in [-0.3, -0.25) is 0 Å². The molecular weight excluding hydrogens is 265 g/mol. The lowest BCUT2D eigenvalue weighted by atomic mass is 9.55. The summed E-state index contributed by atoms with van der Waals surface area (Å²) in [5, 5.41) is 0.339. The summed E-state index contributed by atoms with van der Waals surface area (Å²) in [5.74, 6) is 0.236. The number of rotatable bonds is 2. The number of halogens is 2. The van der Waals surface area contributed by atoms with Crippen molar-refractivity contribution in [1.82, 2.24) is 0 Å². The van der Waals surface area contributed by atoms with Crippen molar-refractivity contribution in [2.75, 3.05) is 0 Å². The highest BCUT2D eigenvalue weighted by Crippen LogP contribution is 2.52. The molecular formula is C15H19ClFNO. The second-order valence-corrected chi connectivity index (χ2v) is 6.22. The predicted octanol–water partition coefficient (Wildman–Crippen LogP) is 3.91. The van der Waals surface area contributed by atoms with Crippen molar-refractivity contribution < 1.29 is 9.13 Å². The standard InChI is InChI=1S/C15H19ClFNO/c16-11-8-10(17)4-5-12(11)19-14-9-13(18)15(14)6-2-1-3-7-15/h4-5,8,13-14H,1-3,6-7,9,18H2. The summed E-state index contributed by atoms with van der Waals surface area (Å²) in [5.41, 5.74) is 6.34. The van der Waals surface area contributed by atoms with Crippen LogP contribution in [0.5, 0.6) is 5.75 Å². The summed E-state index contributed by atoms with van der Waals surface area (Å²) in [7, 11) is 0. The molecule has 104 valence electrons. The fraction of sp³-hybridized carbons (Fsp3) is 0.600.